The summed E-state index contributed by atoms with van der Waals surface area (Å²) in [5, 5.41) is 3.74. The van der Waals surface area contributed by atoms with Crippen molar-refractivity contribution in [2.45, 2.75) is 58.5 Å². The standard InChI is InChI=1S/C33H41Cl2N3O5S/c1-4-6-20-36-33(40)31(23-25-11-8-7-9-12-25)37(24-26-14-19-29(34)30(35)22-26)32(39)13-10-21-38(44(3,41)42)27-15-17-28(18-16-27)43-5-2/h7-9,11-12,14-19,22,31H,4-6,10,13,20-21,23-24H2,1-3H3,(H,36,40). The number of hydrogen-bond donors (Lipinski definition) is 1. The number of nitrogens with one attached hydrogen (secondary N) is 1. The van der Waals surface area contributed by atoms with Crippen molar-refractivity contribution < 1.29 is 22.7 Å². The molecule has 0 aliphatic carbocycles. The third kappa shape index (κ3) is 10.7. The highest BCUT2D eigenvalue weighted by Crippen LogP contribution is 2.26. The Labute approximate surface area is 271 Å². The van der Waals surface area contributed by atoms with Gasteiger partial charge in [-0.1, -0.05) is 72.9 Å². The van der Waals surface area contributed by atoms with Gasteiger partial charge in [0.15, 0.2) is 0 Å². The van der Waals surface area contributed by atoms with E-state index in [9.17, 15) is 18.0 Å². The van der Waals surface area contributed by atoms with Crippen molar-refractivity contribution in [1.82, 2.24) is 10.2 Å². The van der Waals surface area contributed by atoms with Gasteiger partial charge in [0.25, 0.3) is 0 Å². The molecule has 2 amide bonds. The van der Waals surface area contributed by atoms with Gasteiger partial charge in [0.2, 0.25) is 21.8 Å². The molecule has 0 saturated carbocycles. The van der Waals surface area contributed by atoms with Gasteiger partial charge >= 0.3 is 0 Å². The van der Waals surface area contributed by atoms with E-state index in [1.807, 2.05) is 44.2 Å². The first-order valence-electron chi connectivity index (χ1n) is 14.8. The van der Waals surface area contributed by atoms with Crippen molar-refractivity contribution in [3.63, 3.8) is 0 Å². The zero-order chi connectivity index (χ0) is 32.1. The first-order chi connectivity index (χ1) is 21.0. The Morgan fingerprint density at radius 3 is 2.23 bits per heavy atom. The van der Waals surface area contributed by atoms with Crippen molar-refractivity contribution >= 4 is 50.7 Å². The molecule has 11 heteroatoms. The van der Waals surface area contributed by atoms with Crippen molar-refractivity contribution in [2.24, 2.45) is 0 Å². The Morgan fingerprint density at radius 1 is 0.909 bits per heavy atom. The van der Waals surface area contributed by atoms with Crippen LogP contribution in [-0.4, -0.2) is 57.1 Å². The second kappa shape index (κ2) is 17.3. The molecule has 0 bridgehead atoms. The molecular formula is C33H41Cl2N3O5S. The fourth-order valence-corrected chi connectivity index (χ4v) is 6.06. The van der Waals surface area contributed by atoms with Crippen LogP contribution in [0.1, 0.15) is 50.7 Å². The molecule has 44 heavy (non-hydrogen) atoms. The zero-order valence-corrected chi connectivity index (χ0v) is 27.8. The molecule has 8 nitrogen and oxygen atoms in total. The number of rotatable bonds is 17. The van der Waals surface area contributed by atoms with Crippen molar-refractivity contribution in [3.8, 4) is 5.75 Å². The van der Waals surface area contributed by atoms with Crippen molar-refractivity contribution in [2.75, 3.05) is 30.3 Å². The first kappa shape index (κ1) is 35.2. The summed E-state index contributed by atoms with van der Waals surface area (Å²) in [5.41, 5.74) is 2.11. The Bertz CT molecular complexity index is 1470. The lowest BCUT2D eigenvalue weighted by atomic mass is 10.0. The summed E-state index contributed by atoms with van der Waals surface area (Å²) >= 11 is 12.4. The van der Waals surface area contributed by atoms with Crippen molar-refractivity contribution in [3.05, 3.63) is 94.0 Å². The predicted molar refractivity (Wildman–Crippen MR) is 178 cm³/mol. The average molecular weight is 663 g/mol. The van der Waals surface area contributed by atoms with Gasteiger partial charge in [-0.05, 0) is 67.3 Å². The lowest BCUT2D eigenvalue weighted by molar-refractivity contribution is -0.141. The third-order valence-electron chi connectivity index (χ3n) is 7.03. The molecule has 3 aromatic rings. The number of carbonyl (C=O) groups excluding carboxylic acids is 2. The monoisotopic (exact) mass is 661 g/mol. The summed E-state index contributed by atoms with van der Waals surface area (Å²) in [6.07, 6.45) is 3.45. The van der Waals surface area contributed by atoms with Crippen LogP contribution in [0.15, 0.2) is 72.8 Å². The Kier molecular flexibility index (Phi) is 13.8. The topological polar surface area (TPSA) is 96.0 Å². The smallest absolute Gasteiger partial charge is 0.243 e. The molecule has 0 aliphatic heterocycles. The number of unbranched alkanes of at least 4 members (excludes halogenated alkanes) is 1. The molecule has 0 spiro atoms. The molecule has 1 unspecified atom stereocenters. The molecule has 3 rings (SSSR count). The second-order valence-corrected chi connectivity index (χ2v) is 13.2. The fourth-order valence-electron chi connectivity index (χ4n) is 4.77. The second-order valence-electron chi connectivity index (χ2n) is 10.5. The van der Waals surface area contributed by atoms with Crippen LogP contribution in [0.4, 0.5) is 5.69 Å². The zero-order valence-electron chi connectivity index (χ0n) is 25.5. The van der Waals surface area contributed by atoms with Gasteiger partial charge < -0.3 is 15.0 Å². The molecule has 1 N–H and O–H groups in total. The van der Waals surface area contributed by atoms with E-state index in [1.54, 1.807) is 47.4 Å². The number of halogens is 2. The predicted octanol–water partition coefficient (Wildman–Crippen LogP) is 6.49. The van der Waals surface area contributed by atoms with Crippen molar-refractivity contribution in [1.29, 1.82) is 0 Å². The van der Waals surface area contributed by atoms with E-state index in [4.69, 9.17) is 27.9 Å². The third-order valence-corrected chi connectivity index (χ3v) is 8.96. The fraction of sp³-hybridized carbons (Fsp3) is 0.394. The number of nitrogens with zero attached hydrogens (tertiary/aromatic N) is 2. The van der Waals surface area contributed by atoms with Gasteiger partial charge in [-0.2, -0.15) is 0 Å². The Morgan fingerprint density at radius 2 is 1.61 bits per heavy atom. The van der Waals surface area contributed by atoms with Crippen LogP contribution in [0.5, 0.6) is 5.75 Å². The summed E-state index contributed by atoms with van der Waals surface area (Å²) in [7, 11) is -3.63. The van der Waals surface area contributed by atoms with Gasteiger partial charge in [0.1, 0.15) is 11.8 Å². The maximum atomic E-state index is 14.0. The lowest BCUT2D eigenvalue weighted by Crippen LogP contribution is -2.50. The van der Waals surface area contributed by atoms with Gasteiger partial charge in [0.05, 0.1) is 28.6 Å². The van der Waals surface area contributed by atoms with E-state index >= 15 is 0 Å². The Balaban J connectivity index is 1.87. The molecule has 0 fully saturated rings. The molecule has 0 saturated heterocycles. The number of amides is 2. The quantitative estimate of drug-likeness (QED) is 0.167. The number of hydrogen-bond acceptors (Lipinski definition) is 5. The van der Waals surface area contributed by atoms with Crippen LogP contribution in [0, 0.1) is 0 Å². The van der Waals surface area contributed by atoms with Gasteiger partial charge in [-0.25, -0.2) is 8.42 Å². The van der Waals surface area contributed by atoms with Gasteiger partial charge in [-0.15, -0.1) is 0 Å². The van der Waals surface area contributed by atoms with E-state index in [1.165, 1.54) is 4.31 Å². The van der Waals surface area contributed by atoms with Crippen LogP contribution in [0.3, 0.4) is 0 Å². The lowest BCUT2D eigenvalue weighted by Gasteiger charge is -2.32. The molecular weight excluding hydrogens is 621 g/mol. The molecule has 3 aromatic carbocycles. The summed E-state index contributed by atoms with van der Waals surface area (Å²) in [6.45, 7) is 5.13. The first-order valence-corrected chi connectivity index (χ1v) is 17.4. The minimum absolute atomic E-state index is 0.0257. The van der Waals surface area contributed by atoms with E-state index in [2.05, 4.69) is 5.32 Å². The highest BCUT2D eigenvalue weighted by Gasteiger charge is 2.30. The van der Waals surface area contributed by atoms with Crippen LogP contribution in [-0.2, 0) is 32.6 Å². The minimum atomic E-state index is -3.63. The van der Waals surface area contributed by atoms with Crippen LogP contribution >= 0.6 is 23.2 Å². The maximum absolute atomic E-state index is 14.0. The number of benzene rings is 3. The number of sulfonamides is 1. The van der Waals surface area contributed by atoms with Gasteiger partial charge in [-0.3, -0.25) is 13.9 Å². The Hall–Kier alpha value is -3.27. The van der Waals surface area contributed by atoms with E-state index in [0.717, 1.165) is 30.2 Å². The van der Waals surface area contributed by atoms with Crippen LogP contribution < -0.4 is 14.4 Å². The van der Waals surface area contributed by atoms with Crippen LogP contribution in [0.2, 0.25) is 10.0 Å². The SMILES string of the molecule is CCCCNC(=O)C(Cc1ccccc1)N(Cc1ccc(Cl)c(Cl)c1)C(=O)CCCN(c1ccc(OCC)cc1)S(C)(=O)=O. The molecule has 0 aromatic heterocycles. The number of ether oxygens (including phenoxy) is 1. The molecule has 0 aliphatic rings. The summed E-state index contributed by atoms with van der Waals surface area (Å²) in [5.74, 6) is 0.116. The van der Waals surface area contributed by atoms with Crippen LogP contribution in [0.25, 0.3) is 0 Å². The summed E-state index contributed by atoms with van der Waals surface area (Å²) in [6, 6.07) is 20.7. The number of anilines is 1. The van der Waals surface area contributed by atoms with E-state index in [0.29, 0.717) is 41.1 Å². The average Bonchev–Trinajstić information content (AvgIpc) is 2.99. The maximum Gasteiger partial charge on any atom is 0.243 e. The highest BCUT2D eigenvalue weighted by atomic mass is 35.5. The van der Waals surface area contributed by atoms with Gasteiger partial charge in [0, 0.05) is 32.5 Å². The molecule has 238 valence electrons. The highest BCUT2D eigenvalue weighted by molar-refractivity contribution is 7.92. The largest absolute Gasteiger partial charge is 0.494 e. The molecule has 0 heterocycles. The van der Waals surface area contributed by atoms with E-state index in [-0.39, 0.29) is 37.7 Å². The molecule has 0 radical (unpaired) electrons. The summed E-state index contributed by atoms with van der Waals surface area (Å²) in [4.78, 5) is 29.1. The summed E-state index contributed by atoms with van der Waals surface area (Å²) < 4.78 is 32.2. The molecule has 1 atom stereocenters. The normalized spacial score (nSPS) is 11.9. The van der Waals surface area contributed by atoms with E-state index < -0.39 is 16.1 Å². The minimum Gasteiger partial charge on any atom is -0.494 e. The number of carbonyl (C=O) groups is 2.